The van der Waals surface area contributed by atoms with Crippen molar-refractivity contribution in [3.05, 3.63) is 102 Å². The predicted octanol–water partition coefficient (Wildman–Crippen LogP) is 4.91. The monoisotopic (exact) mass is 411 g/mol. The highest BCUT2D eigenvalue weighted by molar-refractivity contribution is 6.00. The minimum Gasteiger partial charge on any atom is -0.496 e. The van der Waals surface area contributed by atoms with Crippen molar-refractivity contribution in [2.45, 2.75) is 12.8 Å². The number of carbonyl (C=O) groups is 1. The van der Waals surface area contributed by atoms with Crippen molar-refractivity contribution in [2.75, 3.05) is 13.7 Å². The van der Waals surface area contributed by atoms with Crippen LogP contribution < -0.4 is 10.1 Å². The van der Waals surface area contributed by atoms with Gasteiger partial charge in [0.15, 0.2) is 0 Å². The van der Waals surface area contributed by atoms with E-state index < -0.39 is 0 Å². The van der Waals surface area contributed by atoms with Gasteiger partial charge in [-0.2, -0.15) is 5.10 Å². The zero-order valence-corrected chi connectivity index (χ0v) is 17.5. The molecule has 1 amide bonds. The Morgan fingerprint density at radius 3 is 2.35 bits per heavy atom. The molecule has 0 saturated heterocycles. The highest BCUT2D eigenvalue weighted by Gasteiger charge is 2.20. The van der Waals surface area contributed by atoms with Crippen molar-refractivity contribution in [1.29, 1.82) is 0 Å². The van der Waals surface area contributed by atoms with Crippen molar-refractivity contribution in [3.63, 3.8) is 0 Å². The molecule has 5 heteroatoms. The number of para-hydroxylation sites is 2. The Bertz CT molecular complexity index is 1140. The molecule has 0 aliphatic heterocycles. The summed E-state index contributed by atoms with van der Waals surface area (Å²) in [6.07, 6.45) is 3.57. The van der Waals surface area contributed by atoms with Crippen LogP contribution in [0.2, 0.25) is 0 Å². The van der Waals surface area contributed by atoms with Gasteiger partial charge in [0, 0.05) is 18.3 Å². The van der Waals surface area contributed by atoms with Crippen molar-refractivity contribution in [2.24, 2.45) is 0 Å². The van der Waals surface area contributed by atoms with E-state index in [9.17, 15) is 4.79 Å². The summed E-state index contributed by atoms with van der Waals surface area (Å²) in [5, 5.41) is 7.78. The van der Waals surface area contributed by atoms with Crippen LogP contribution in [0.4, 0.5) is 0 Å². The zero-order valence-electron chi connectivity index (χ0n) is 17.5. The van der Waals surface area contributed by atoms with Crippen LogP contribution in [0.1, 0.15) is 22.3 Å². The zero-order chi connectivity index (χ0) is 21.5. The van der Waals surface area contributed by atoms with E-state index >= 15 is 0 Å². The molecule has 0 bridgehead atoms. The summed E-state index contributed by atoms with van der Waals surface area (Å²) in [5.74, 6) is 0.537. The maximum Gasteiger partial charge on any atom is 0.255 e. The van der Waals surface area contributed by atoms with Crippen LogP contribution in [0.25, 0.3) is 16.9 Å². The summed E-state index contributed by atoms with van der Waals surface area (Å²) in [4.78, 5) is 13.1. The van der Waals surface area contributed by atoms with Crippen LogP contribution in [-0.4, -0.2) is 29.3 Å². The first kappa shape index (κ1) is 20.4. The van der Waals surface area contributed by atoms with Crippen molar-refractivity contribution in [3.8, 4) is 22.7 Å². The number of ether oxygens (including phenoxy) is 1. The standard InChI is InChI=1S/C26H25N3O2/c1-31-24-17-9-8-16-22(24)25-23(19-29(28-25)21-14-6-3-7-15-21)26(30)27-18-10-13-20-11-4-2-5-12-20/h2-9,11-12,14-17,19H,10,13,18H2,1H3,(H,27,30). The molecule has 0 spiro atoms. The summed E-state index contributed by atoms with van der Waals surface area (Å²) in [5.41, 5.74) is 4.06. The molecule has 1 aromatic heterocycles. The van der Waals surface area contributed by atoms with Gasteiger partial charge in [-0.05, 0) is 42.7 Å². The largest absolute Gasteiger partial charge is 0.496 e. The van der Waals surface area contributed by atoms with Gasteiger partial charge in [-0.1, -0.05) is 60.7 Å². The van der Waals surface area contributed by atoms with E-state index in [1.54, 1.807) is 18.0 Å². The smallest absolute Gasteiger partial charge is 0.255 e. The SMILES string of the molecule is COc1ccccc1-c1nn(-c2ccccc2)cc1C(=O)NCCCc1ccccc1. The van der Waals surface area contributed by atoms with Crippen LogP contribution in [-0.2, 0) is 6.42 Å². The third kappa shape index (κ3) is 4.83. The molecular weight excluding hydrogens is 386 g/mol. The Morgan fingerprint density at radius 2 is 1.61 bits per heavy atom. The molecule has 3 aromatic carbocycles. The minimum absolute atomic E-state index is 0.142. The highest BCUT2D eigenvalue weighted by atomic mass is 16.5. The van der Waals surface area contributed by atoms with E-state index in [0.29, 0.717) is 23.6 Å². The average molecular weight is 412 g/mol. The van der Waals surface area contributed by atoms with E-state index in [4.69, 9.17) is 9.84 Å². The lowest BCUT2D eigenvalue weighted by molar-refractivity contribution is 0.0954. The number of amides is 1. The second kappa shape index (κ2) is 9.76. The van der Waals surface area contributed by atoms with Gasteiger partial charge in [-0.3, -0.25) is 4.79 Å². The highest BCUT2D eigenvalue weighted by Crippen LogP contribution is 2.31. The van der Waals surface area contributed by atoms with Crippen molar-refractivity contribution >= 4 is 5.91 Å². The van der Waals surface area contributed by atoms with Gasteiger partial charge in [0.2, 0.25) is 0 Å². The second-order valence-corrected chi connectivity index (χ2v) is 7.22. The van der Waals surface area contributed by atoms with Crippen LogP contribution in [0.15, 0.2) is 91.1 Å². The van der Waals surface area contributed by atoms with Crippen LogP contribution in [0, 0.1) is 0 Å². The summed E-state index contributed by atoms with van der Waals surface area (Å²) in [6.45, 7) is 0.593. The van der Waals surface area contributed by atoms with E-state index in [1.807, 2.05) is 72.8 Å². The molecule has 156 valence electrons. The van der Waals surface area contributed by atoms with E-state index in [-0.39, 0.29) is 5.91 Å². The first-order valence-corrected chi connectivity index (χ1v) is 10.4. The minimum atomic E-state index is -0.142. The maximum absolute atomic E-state index is 13.1. The van der Waals surface area contributed by atoms with Crippen molar-refractivity contribution in [1.82, 2.24) is 15.1 Å². The number of benzene rings is 3. The first-order valence-electron chi connectivity index (χ1n) is 10.4. The Labute approximate surface area is 182 Å². The van der Waals surface area contributed by atoms with Gasteiger partial charge in [-0.25, -0.2) is 4.68 Å². The number of aromatic nitrogens is 2. The summed E-state index contributed by atoms with van der Waals surface area (Å²) >= 11 is 0. The van der Waals surface area contributed by atoms with E-state index in [1.165, 1.54) is 5.56 Å². The van der Waals surface area contributed by atoms with Gasteiger partial charge in [-0.15, -0.1) is 0 Å². The third-order valence-corrected chi connectivity index (χ3v) is 5.11. The van der Waals surface area contributed by atoms with E-state index in [2.05, 4.69) is 17.4 Å². The number of methoxy groups -OCH3 is 1. The van der Waals surface area contributed by atoms with E-state index in [0.717, 1.165) is 24.1 Å². The molecule has 0 radical (unpaired) electrons. The number of rotatable bonds is 8. The van der Waals surface area contributed by atoms with Crippen LogP contribution >= 0.6 is 0 Å². The van der Waals surface area contributed by atoms with Gasteiger partial charge in [0.25, 0.3) is 5.91 Å². The molecule has 1 N–H and O–H groups in total. The predicted molar refractivity (Wildman–Crippen MR) is 123 cm³/mol. The second-order valence-electron chi connectivity index (χ2n) is 7.22. The molecule has 0 saturated carbocycles. The summed E-state index contributed by atoms with van der Waals surface area (Å²) < 4.78 is 7.25. The lowest BCUT2D eigenvalue weighted by Crippen LogP contribution is -2.25. The molecule has 5 nitrogen and oxygen atoms in total. The van der Waals surface area contributed by atoms with Gasteiger partial charge >= 0.3 is 0 Å². The van der Waals surface area contributed by atoms with Crippen molar-refractivity contribution < 1.29 is 9.53 Å². The fourth-order valence-corrected chi connectivity index (χ4v) is 3.53. The molecule has 0 fully saturated rings. The van der Waals surface area contributed by atoms with Gasteiger partial charge < -0.3 is 10.1 Å². The molecule has 4 rings (SSSR count). The molecule has 4 aromatic rings. The summed E-state index contributed by atoms with van der Waals surface area (Å²) in [6, 6.07) is 27.7. The molecule has 1 heterocycles. The molecule has 0 unspecified atom stereocenters. The number of carbonyl (C=O) groups excluding carboxylic acids is 1. The Morgan fingerprint density at radius 1 is 0.935 bits per heavy atom. The molecule has 31 heavy (non-hydrogen) atoms. The number of nitrogens with one attached hydrogen (secondary N) is 1. The molecule has 0 atom stereocenters. The normalized spacial score (nSPS) is 10.6. The number of nitrogens with zero attached hydrogens (tertiary/aromatic N) is 2. The first-order chi connectivity index (χ1) is 15.3. The lowest BCUT2D eigenvalue weighted by Gasteiger charge is -2.08. The third-order valence-electron chi connectivity index (χ3n) is 5.11. The Kier molecular flexibility index (Phi) is 6.43. The fraction of sp³-hybridized carbons (Fsp3) is 0.154. The fourth-order valence-electron chi connectivity index (χ4n) is 3.53. The Hall–Kier alpha value is -3.86. The van der Waals surface area contributed by atoms with Gasteiger partial charge in [0.05, 0.1) is 18.4 Å². The average Bonchev–Trinajstić information content (AvgIpc) is 3.28. The van der Waals surface area contributed by atoms with Crippen LogP contribution in [0.3, 0.4) is 0 Å². The number of hydrogen-bond donors (Lipinski definition) is 1. The lowest BCUT2D eigenvalue weighted by atomic mass is 10.1. The van der Waals surface area contributed by atoms with Gasteiger partial charge in [0.1, 0.15) is 11.4 Å². The molecular formula is C26H25N3O2. The topological polar surface area (TPSA) is 56.2 Å². The maximum atomic E-state index is 13.1. The number of aryl methyl sites for hydroxylation is 1. The quantitative estimate of drug-likeness (QED) is 0.419. The number of hydrogen-bond acceptors (Lipinski definition) is 3. The Balaban J connectivity index is 1.57. The van der Waals surface area contributed by atoms with Crippen LogP contribution in [0.5, 0.6) is 5.75 Å². The molecule has 0 aliphatic carbocycles. The summed E-state index contributed by atoms with van der Waals surface area (Å²) in [7, 11) is 1.62. The molecule has 0 aliphatic rings.